The Kier molecular flexibility index (Phi) is 6.18. The van der Waals surface area contributed by atoms with E-state index in [0.717, 1.165) is 11.8 Å². The number of para-hydroxylation sites is 1. The number of amides is 1. The number of carbonyl (C=O) groups is 1. The zero-order chi connectivity index (χ0) is 21.2. The number of methoxy groups -OCH3 is 1. The molecule has 0 saturated heterocycles. The summed E-state index contributed by atoms with van der Waals surface area (Å²) in [7, 11) is 1.45. The number of rotatable bonds is 5. The van der Waals surface area contributed by atoms with Gasteiger partial charge in [0.25, 0.3) is 0 Å². The summed E-state index contributed by atoms with van der Waals surface area (Å²) in [5.41, 5.74) is 0.516. The van der Waals surface area contributed by atoms with Crippen LogP contribution in [0.2, 0.25) is 5.02 Å². The van der Waals surface area contributed by atoms with Crippen LogP contribution in [0.5, 0.6) is 5.75 Å². The summed E-state index contributed by atoms with van der Waals surface area (Å²) < 4.78 is 44.7. The SMILES string of the molecule is COc1ccc(Cl)cc1NC(=O)[C@H](C)Sc1nc(C(F)(F)F)nc2ccccc12. The molecule has 0 saturated carbocycles. The summed E-state index contributed by atoms with van der Waals surface area (Å²) in [6, 6.07) is 11.1. The van der Waals surface area contributed by atoms with Crippen LogP contribution < -0.4 is 10.1 Å². The predicted molar refractivity (Wildman–Crippen MR) is 106 cm³/mol. The molecular formula is C19H15ClF3N3O2S. The van der Waals surface area contributed by atoms with Crippen molar-refractivity contribution in [3.05, 3.63) is 53.3 Å². The van der Waals surface area contributed by atoms with Crippen molar-refractivity contribution < 1.29 is 22.7 Å². The number of ether oxygens (including phenoxy) is 1. The number of carbonyl (C=O) groups excluding carboxylic acids is 1. The highest BCUT2D eigenvalue weighted by molar-refractivity contribution is 8.00. The lowest BCUT2D eigenvalue weighted by molar-refractivity contribution is -0.145. The molecule has 10 heteroatoms. The van der Waals surface area contributed by atoms with Crippen LogP contribution in [0.4, 0.5) is 18.9 Å². The molecule has 29 heavy (non-hydrogen) atoms. The minimum absolute atomic E-state index is 0.0728. The second-order valence-electron chi connectivity index (χ2n) is 5.96. The molecule has 0 radical (unpaired) electrons. The van der Waals surface area contributed by atoms with Crippen LogP contribution in [-0.2, 0) is 11.0 Å². The van der Waals surface area contributed by atoms with E-state index < -0.39 is 23.2 Å². The maximum atomic E-state index is 13.2. The second kappa shape index (κ2) is 8.46. The Bertz CT molecular complexity index is 1060. The minimum Gasteiger partial charge on any atom is -0.495 e. The molecule has 0 unspecified atom stereocenters. The van der Waals surface area contributed by atoms with E-state index in [9.17, 15) is 18.0 Å². The molecule has 2 aromatic carbocycles. The van der Waals surface area contributed by atoms with Gasteiger partial charge in [-0.15, -0.1) is 0 Å². The molecule has 3 aromatic rings. The topological polar surface area (TPSA) is 64.1 Å². The third kappa shape index (κ3) is 4.91. The van der Waals surface area contributed by atoms with Crippen LogP contribution in [-0.4, -0.2) is 28.2 Å². The number of alkyl halides is 3. The highest BCUT2D eigenvalue weighted by Crippen LogP contribution is 2.34. The van der Waals surface area contributed by atoms with Crippen LogP contribution in [0.25, 0.3) is 10.9 Å². The molecule has 0 bridgehead atoms. The molecule has 3 rings (SSSR count). The van der Waals surface area contributed by atoms with Gasteiger partial charge in [-0.1, -0.05) is 41.6 Å². The highest BCUT2D eigenvalue weighted by Gasteiger charge is 2.36. The van der Waals surface area contributed by atoms with Crippen molar-refractivity contribution in [2.75, 3.05) is 12.4 Å². The average molecular weight is 442 g/mol. The van der Waals surface area contributed by atoms with Crippen molar-refractivity contribution in [2.24, 2.45) is 0 Å². The molecule has 152 valence electrons. The van der Waals surface area contributed by atoms with E-state index in [0.29, 0.717) is 21.8 Å². The minimum atomic E-state index is -4.70. The highest BCUT2D eigenvalue weighted by atomic mass is 35.5. The second-order valence-corrected chi connectivity index (χ2v) is 7.73. The van der Waals surface area contributed by atoms with Gasteiger partial charge >= 0.3 is 6.18 Å². The maximum absolute atomic E-state index is 13.2. The van der Waals surface area contributed by atoms with Crippen LogP contribution in [0.1, 0.15) is 12.7 Å². The molecular weight excluding hydrogens is 427 g/mol. The average Bonchev–Trinajstić information content (AvgIpc) is 2.67. The number of halogens is 4. The molecule has 1 N–H and O–H groups in total. The van der Waals surface area contributed by atoms with Crippen molar-refractivity contribution in [1.82, 2.24) is 9.97 Å². The van der Waals surface area contributed by atoms with Crippen molar-refractivity contribution in [3.63, 3.8) is 0 Å². The smallest absolute Gasteiger partial charge is 0.451 e. The molecule has 1 amide bonds. The fourth-order valence-electron chi connectivity index (χ4n) is 2.50. The number of thioether (sulfide) groups is 1. The van der Waals surface area contributed by atoms with Crippen LogP contribution in [0.15, 0.2) is 47.5 Å². The molecule has 0 fully saturated rings. The number of hydrogen-bond donors (Lipinski definition) is 1. The van der Waals surface area contributed by atoms with Crippen molar-refractivity contribution in [2.45, 2.75) is 23.4 Å². The van der Waals surface area contributed by atoms with E-state index in [1.165, 1.54) is 19.2 Å². The summed E-state index contributed by atoms with van der Waals surface area (Å²) in [6.07, 6.45) is -4.70. The van der Waals surface area contributed by atoms with Gasteiger partial charge in [0.1, 0.15) is 10.8 Å². The number of anilines is 1. The Hall–Kier alpha value is -2.52. The Labute approximate surface area is 173 Å². The Morgan fingerprint density at radius 1 is 1.21 bits per heavy atom. The number of hydrogen-bond acceptors (Lipinski definition) is 5. The third-order valence-electron chi connectivity index (χ3n) is 3.90. The van der Waals surface area contributed by atoms with Gasteiger partial charge in [-0.25, -0.2) is 9.97 Å². The van der Waals surface area contributed by atoms with Crippen LogP contribution in [0, 0.1) is 0 Å². The Morgan fingerprint density at radius 2 is 1.93 bits per heavy atom. The van der Waals surface area contributed by atoms with Crippen molar-refractivity contribution in [1.29, 1.82) is 0 Å². The summed E-state index contributed by atoms with van der Waals surface area (Å²) >= 11 is 6.87. The van der Waals surface area contributed by atoms with Gasteiger partial charge in [-0.2, -0.15) is 13.2 Å². The molecule has 0 spiro atoms. The van der Waals surface area contributed by atoms with Gasteiger partial charge < -0.3 is 10.1 Å². The van der Waals surface area contributed by atoms with E-state index in [-0.39, 0.29) is 10.5 Å². The van der Waals surface area contributed by atoms with Crippen LogP contribution >= 0.6 is 23.4 Å². The van der Waals surface area contributed by atoms with Gasteiger partial charge in [0.2, 0.25) is 11.7 Å². The zero-order valence-electron chi connectivity index (χ0n) is 15.2. The molecule has 1 heterocycles. The first-order valence-electron chi connectivity index (χ1n) is 8.34. The van der Waals surface area contributed by atoms with E-state index in [4.69, 9.17) is 16.3 Å². The fraction of sp³-hybridized carbons (Fsp3) is 0.211. The Morgan fingerprint density at radius 3 is 2.62 bits per heavy atom. The van der Waals surface area contributed by atoms with Crippen molar-refractivity contribution in [3.8, 4) is 5.75 Å². The summed E-state index contributed by atoms with van der Waals surface area (Å²) in [5, 5.41) is 2.84. The van der Waals surface area contributed by atoms with Crippen LogP contribution in [0.3, 0.4) is 0 Å². The molecule has 0 aliphatic heterocycles. The van der Waals surface area contributed by atoms with E-state index in [1.54, 1.807) is 37.3 Å². The van der Waals surface area contributed by atoms with Gasteiger partial charge in [0.15, 0.2) is 0 Å². The first-order valence-corrected chi connectivity index (χ1v) is 9.60. The van der Waals surface area contributed by atoms with E-state index in [1.807, 2.05) is 0 Å². The lowest BCUT2D eigenvalue weighted by atomic mass is 10.2. The number of nitrogens with one attached hydrogen (secondary N) is 1. The van der Waals surface area contributed by atoms with Gasteiger partial charge in [0.05, 0.1) is 23.6 Å². The molecule has 5 nitrogen and oxygen atoms in total. The largest absolute Gasteiger partial charge is 0.495 e. The van der Waals surface area contributed by atoms with Crippen molar-refractivity contribution >= 4 is 45.9 Å². The first-order chi connectivity index (χ1) is 13.7. The monoisotopic (exact) mass is 441 g/mol. The zero-order valence-corrected chi connectivity index (χ0v) is 16.8. The summed E-state index contributed by atoms with van der Waals surface area (Å²) in [4.78, 5) is 19.8. The van der Waals surface area contributed by atoms with Gasteiger partial charge in [0, 0.05) is 10.4 Å². The quantitative estimate of drug-likeness (QED) is 0.422. The number of benzene rings is 2. The lowest BCUT2D eigenvalue weighted by Crippen LogP contribution is -2.23. The number of nitrogens with zero attached hydrogens (tertiary/aromatic N) is 2. The lowest BCUT2D eigenvalue weighted by Gasteiger charge is -2.16. The van der Waals surface area contributed by atoms with E-state index in [2.05, 4.69) is 15.3 Å². The first kappa shape index (κ1) is 21.2. The normalized spacial score (nSPS) is 12.6. The Balaban J connectivity index is 1.88. The van der Waals surface area contributed by atoms with Gasteiger partial charge in [-0.3, -0.25) is 4.79 Å². The summed E-state index contributed by atoms with van der Waals surface area (Å²) in [5.74, 6) is -1.28. The fourth-order valence-corrected chi connectivity index (χ4v) is 3.61. The standard InChI is InChI=1S/C19H15ClF3N3O2S/c1-10(16(27)24-14-9-11(20)7-8-15(14)28-2)29-17-12-5-3-4-6-13(12)25-18(26-17)19(21,22)23/h3-10H,1-2H3,(H,24,27)/t10-/m0/s1. The molecule has 0 aliphatic carbocycles. The predicted octanol–water partition coefficient (Wildman–Crippen LogP) is 5.43. The van der Waals surface area contributed by atoms with Gasteiger partial charge in [-0.05, 0) is 31.2 Å². The molecule has 1 aromatic heterocycles. The number of aromatic nitrogens is 2. The summed E-state index contributed by atoms with van der Waals surface area (Å²) in [6.45, 7) is 1.57. The molecule has 1 atom stereocenters. The van der Waals surface area contributed by atoms with E-state index >= 15 is 0 Å². The maximum Gasteiger partial charge on any atom is 0.451 e. The third-order valence-corrected chi connectivity index (χ3v) is 5.24. The number of fused-ring (bicyclic) bond motifs is 1. The molecule has 0 aliphatic rings.